The molecule has 1 nitrogen and oxygen atoms in total. The van der Waals surface area contributed by atoms with Gasteiger partial charge >= 0.3 is 0 Å². The van der Waals surface area contributed by atoms with Crippen LogP contribution in [0.25, 0.3) is 0 Å². The third-order valence-corrected chi connectivity index (χ3v) is 3.68. The average molecular weight is 218 g/mol. The van der Waals surface area contributed by atoms with Crippen molar-refractivity contribution in [3.8, 4) is 0 Å². The predicted octanol–water partition coefficient (Wildman–Crippen LogP) is 3.61. The van der Waals surface area contributed by atoms with Gasteiger partial charge in [-0.2, -0.15) is 0 Å². The highest BCUT2D eigenvalue weighted by molar-refractivity contribution is 5.30. The van der Waals surface area contributed by atoms with E-state index in [4.69, 9.17) is 0 Å². The Morgan fingerprint density at radius 1 is 1.06 bits per heavy atom. The molecular formula is C15H22O. The zero-order valence-electron chi connectivity index (χ0n) is 10.5. The van der Waals surface area contributed by atoms with Crippen LogP contribution >= 0.6 is 0 Å². The smallest absolute Gasteiger partial charge is 0.0608 e. The van der Waals surface area contributed by atoms with Gasteiger partial charge in [-0.3, -0.25) is 0 Å². The number of aliphatic hydroxyl groups excluding tert-OH is 1. The molecule has 0 aromatic heterocycles. The summed E-state index contributed by atoms with van der Waals surface area (Å²) in [4.78, 5) is 0. The minimum atomic E-state index is -0.125. The van der Waals surface area contributed by atoms with Crippen LogP contribution in [-0.2, 0) is 5.41 Å². The molecule has 0 aliphatic heterocycles. The molecule has 16 heavy (non-hydrogen) atoms. The summed E-state index contributed by atoms with van der Waals surface area (Å²) in [5.74, 6) is 0.369. The Labute approximate surface area is 98.5 Å². The lowest BCUT2D eigenvalue weighted by atomic mass is 9.85. The SMILES string of the molecule is CC(C)(C)c1ccc([C@H]2CCC[C@H]2O)cc1. The van der Waals surface area contributed by atoms with Crippen molar-refractivity contribution < 1.29 is 5.11 Å². The van der Waals surface area contributed by atoms with Gasteiger partial charge in [0.2, 0.25) is 0 Å². The van der Waals surface area contributed by atoms with E-state index in [1.165, 1.54) is 11.1 Å². The van der Waals surface area contributed by atoms with Crippen LogP contribution in [0.2, 0.25) is 0 Å². The molecule has 0 radical (unpaired) electrons. The minimum Gasteiger partial charge on any atom is -0.392 e. The summed E-state index contributed by atoms with van der Waals surface area (Å²) in [7, 11) is 0. The highest BCUT2D eigenvalue weighted by Gasteiger charge is 2.26. The highest BCUT2D eigenvalue weighted by Crippen LogP contribution is 2.35. The predicted molar refractivity (Wildman–Crippen MR) is 67.7 cm³/mol. The number of rotatable bonds is 1. The van der Waals surface area contributed by atoms with E-state index in [0.29, 0.717) is 5.92 Å². The largest absolute Gasteiger partial charge is 0.392 e. The lowest BCUT2D eigenvalue weighted by Gasteiger charge is -2.21. The summed E-state index contributed by atoms with van der Waals surface area (Å²) >= 11 is 0. The first-order valence-electron chi connectivity index (χ1n) is 6.27. The van der Waals surface area contributed by atoms with E-state index < -0.39 is 0 Å². The van der Waals surface area contributed by atoms with Gasteiger partial charge in [0.25, 0.3) is 0 Å². The molecule has 0 amide bonds. The molecule has 0 heterocycles. The summed E-state index contributed by atoms with van der Waals surface area (Å²) in [6.45, 7) is 6.69. The van der Waals surface area contributed by atoms with Crippen LogP contribution in [0.5, 0.6) is 0 Å². The Bertz CT molecular complexity index is 345. The van der Waals surface area contributed by atoms with E-state index in [0.717, 1.165) is 19.3 Å². The standard InChI is InChI=1S/C15H22O/c1-15(2,3)12-9-7-11(8-10-12)13-5-4-6-14(13)16/h7-10,13-14,16H,4-6H2,1-3H3/t13-,14-/m1/s1. The zero-order valence-corrected chi connectivity index (χ0v) is 10.5. The Hall–Kier alpha value is -0.820. The quantitative estimate of drug-likeness (QED) is 0.763. The first kappa shape index (κ1) is 11.7. The van der Waals surface area contributed by atoms with Crippen LogP contribution in [0.3, 0.4) is 0 Å². The van der Waals surface area contributed by atoms with Gasteiger partial charge in [0.15, 0.2) is 0 Å². The molecule has 1 fully saturated rings. The molecule has 0 saturated heterocycles. The van der Waals surface area contributed by atoms with Crippen LogP contribution in [-0.4, -0.2) is 11.2 Å². The molecule has 2 rings (SSSR count). The third kappa shape index (κ3) is 2.30. The fourth-order valence-electron chi connectivity index (χ4n) is 2.56. The zero-order chi connectivity index (χ0) is 11.8. The maximum Gasteiger partial charge on any atom is 0.0608 e. The Morgan fingerprint density at radius 2 is 1.69 bits per heavy atom. The third-order valence-electron chi connectivity index (χ3n) is 3.68. The fraction of sp³-hybridized carbons (Fsp3) is 0.600. The molecule has 1 aliphatic carbocycles. The molecular weight excluding hydrogens is 196 g/mol. The van der Waals surface area contributed by atoms with E-state index in [9.17, 15) is 5.11 Å². The molecule has 2 atom stereocenters. The van der Waals surface area contributed by atoms with Gasteiger partial charge in [0.1, 0.15) is 0 Å². The van der Waals surface area contributed by atoms with Crippen LogP contribution in [0.4, 0.5) is 0 Å². The van der Waals surface area contributed by atoms with Crippen molar-refractivity contribution in [1.82, 2.24) is 0 Å². The lowest BCUT2D eigenvalue weighted by Crippen LogP contribution is -2.13. The molecule has 1 aromatic rings. The number of hydrogen-bond acceptors (Lipinski definition) is 1. The maximum atomic E-state index is 9.87. The second kappa shape index (κ2) is 4.21. The van der Waals surface area contributed by atoms with E-state index in [1.807, 2.05) is 0 Å². The van der Waals surface area contributed by atoms with Crippen LogP contribution in [0.1, 0.15) is 57.1 Å². The van der Waals surface area contributed by atoms with Crippen LogP contribution in [0.15, 0.2) is 24.3 Å². The number of benzene rings is 1. The lowest BCUT2D eigenvalue weighted by molar-refractivity contribution is 0.164. The van der Waals surface area contributed by atoms with Gasteiger partial charge in [0, 0.05) is 5.92 Å². The van der Waals surface area contributed by atoms with Crippen molar-refractivity contribution in [2.24, 2.45) is 0 Å². The summed E-state index contributed by atoms with van der Waals surface area (Å²) in [6, 6.07) is 8.81. The molecule has 1 aromatic carbocycles. The second-order valence-corrected chi connectivity index (χ2v) is 5.98. The van der Waals surface area contributed by atoms with Crippen molar-refractivity contribution in [2.75, 3.05) is 0 Å². The van der Waals surface area contributed by atoms with Gasteiger partial charge in [-0.05, 0) is 29.4 Å². The maximum absolute atomic E-state index is 9.87. The molecule has 1 aliphatic rings. The molecule has 0 unspecified atom stereocenters. The minimum absolute atomic E-state index is 0.125. The normalized spacial score (nSPS) is 26.0. The van der Waals surface area contributed by atoms with Crippen molar-refractivity contribution in [1.29, 1.82) is 0 Å². The van der Waals surface area contributed by atoms with Gasteiger partial charge in [-0.1, -0.05) is 51.5 Å². The summed E-state index contributed by atoms with van der Waals surface area (Å²) in [5.41, 5.74) is 2.88. The molecule has 1 heteroatoms. The average Bonchev–Trinajstić information content (AvgIpc) is 2.63. The molecule has 0 spiro atoms. The van der Waals surface area contributed by atoms with Crippen LogP contribution in [0, 0.1) is 0 Å². The Balaban J connectivity index is 2.19. The van der Waals surface area contributed by atoms with Crippen molar-refractivity contribution >= 4 is 0 Å². The second-order valence-electron chi connectivity index (χ2n) is 5.98. The first-order valence-corrected chi connectivity index (χ1v) is 6.27. The molecule has 1 N–H and O–H groups in total. The molecule has 1 saturated carbocycles. The van der Waals surface area contributed by atoms with E-state index in [2.05, 4.69) is 45.0 Å². The fourth-order valence-corrected chi connectivity index (χ4v) is 2.56. The summed E-state index contributed by atoms with van der Waals surface area (Å²) in [5, 5.41) is 9.87. The highest BCUT2D eigenvalue weighted by atomic mass is 16.3. The van der Waals surface area contributed by atoms with Crippen molar-refractivity contribution in [3.63, 3.8) is 0 Å². The van der Waals surface area contributed by atoms with Crippen molar-refractivity contribution in [2.45, 2.75) is 57.5 Å². The summed E-state index contributed by atoms with van der Waals surface area (Å²) in [6.07, 6.45) is 3.13. The topological polar surface area (TPSA) is 20.2 Å². The van der Waals surface area contributed by atoms with E-state index in [1.54, 1.807) is 0 Å². The van der Waals surface area contributed by atoms with Gasteiger partial charge in [-0.25, -0.2) is 0 Å². The van der Waals surface area contributed by atoms with Crippen molar-refractivity contribution in [3.05, 3.63) is 35.4 Å². The Morgan fingerprint density at radius 3 is 2.12 bits per heavy atom. The number of aliphatic hydroxyl groups is 1. The Kier molecular flexibility index (Phi) is 3.07. The first-order chi connectivity index (χ1) is 7.48. The van der Waals surface area contributed by atoms with E-state index >= 15 is 0 Å². The number of hydrogen-bond donors (Lipinski definition) is 1. The monoisotopic (exact) mass is 218 g/mol. The van der Waals surface area contributed by atoms with Crippen LogP contribution < -0.4 is 0 Å². The van der Waals surface area contributed by atoms with Gasteiger partial charge in [-0.15, -0.1) is 0 Å². The van der Waals surface area contributed by atoms with Gasteiger partial charge < -0.3 is 5.11 Å². The summed E-state index contributed by atoms with van der Waals surface area (Å²) < 4.78 is 0. The molecule has 0 bridgehead atoms. The van der Waals surface area contributed by atoms with Gasteiger partial charge in [0.05, 0.1) is 6.10 Å². The van der Waals surface area contributed by atoms with E-state index in [-0.39, 0.29) is 11.5 Å². The molecule has 88 valence electrons.